The molecular formula is C15H22N2O. The first-order valence-electron chi connectivity index (χ1n) is 6.80. The van der Waals surface area contributed by atoms with Crippen LogP contribution in [-0.2, 0) is 11.2 Å². The molecule has 0 aliphatic heterocycles. The fourth-order valence-electron chi connectivity index (χ4n) is 2.56. The molecule has 0 radical (unpaired) electrons. The molecule has 0 saturated carbocycles. The molecule has 1 aliphatic carbocycles. The van der Waals surface area contributed by atoms with E-state index in [-0.39, 0.29) is 11.9 Å². The van der Waals surface area contributed by atoms with Gasteiger partial charge in [0.05, 0.1) is 0 Å². The number of rotatable bonds is 6. The lowest BCUT2D eigenvalue weighted by molar-refractivity contribution is -0.121. The van der Waals surface area contributed by atoms with Gasteiger partial charge in [0, 0.05) is 24.9 Å². The van der Waals surface area contributed by atoms with Crippen LogP contribution >= 0.6 is 0 Å². The Morgan fingerprint density at radius 1 is 1.50 bits per heavy atom. The molecule has 3 N–H and O–H groups in total. The number of nitrogens with one attached hydrogen (secondary N) is 1. The second-order valence-corrected chi connectivity index (χ2v) is 5.16. The van der Waals surface area contributed by atoms with Crippen molar-refractivity contribution >= 4 is 5.91 Å². The van der Waals surface area contributed by atoms with Crippen molar-refractivity contribution < 1.29 is 4.79 Å². The van der Waals surface area contributed by atoms with E-state index in [0.717, 1.165) is 25.8 Å². The highest BCUT2D eigenvalue weighted by atomic mass is 16.1. The van der Waals surface area contributed by atoms with Crippen molar-refractivity contribution in [1.29, 1.82) is 0 Å². The van der Waals surface area contributed by atoms with Crippen molar-refractivity contribution in [2.75, 3.05) is 6.54 Å². The van der Waals surface area contributed by atoms with Gasteiger partial charge in [-0.05, 0) is 24.0 Å². The van der Waals surface area contributed by atoms with Crippen LogP contribution in [0.3, 0.4) is 0 Å². The lowest BCUT2D eigenvalue weighted by atomic mass is 9.77. The zero-order valence-corrected chi connectivity index (χ0v) is 11.0. The maximum Gasteiger partial charge on any atom is 0.221 e. The lowest BCUT2D eigenvalue weighted by Crippen LogP contribution is -2.36. The Kier molecular flexibility index (Phi) is 4.37. The van der Waals surface area contributed by atoms with Crippen LogP contribution in [0, 0.1) is 0 Å². The van der Waals surface area contributed by atoms with E-state index >= 15 is 0 Å². The molecule has 0 spiro atoms. The Labute approximate surface area is 109 Å². The van der Waals surface area contributed by atoms with Gasteiger partial charge in [0.2, 0.25) is 5.91 Å². The van der Waals surface area contributed by atoms with Crippen molar-refractivity contribution in [1.82, 2.24) is 5.32 Å². The van der Waals surface area contributed by atoms with Crippen LogP contribution < -0.4 is 11.1 Å². The molecule has 0 aromatic heterocycles. The fraction of sp³-hybridized carbons (Fsp3) is 0.533. The Morgan fingerprint density at radius 3 is 3.00 bits per heavy atom. The molecule has 2 unspecified atom stereocenters. The van der Waals surface area contributed by atoms with E-state index in [1.54, 1.807) is 0 Å². The Morgan fingerprint density at radius 2 is 2.28 bits per heavy atom. The van der Waals surface area contributed by atoms with Gasteiger partial charge in [-0.15, -0.1) is 0 Å². The summed E-state index contributed by atoms with van der Waals surface area (Å²) in [6, 6.07) is 8.44. The van der Waals surface area contributed by atoms with E-state index in [0.29, 0.717) is 12.3 Å². The number of hydrogen-bond acceptors (Lipinski definition) is 2. The van der Waals surface area contributed by atoms with Gasteiger partial charge in [0.25, 0.3) is 0 Å². The predicted molar refractivity (Wildman–Crippen MR) is 73.4 cm³/mol. The third-order valence-corrected chi connectivity index (χ3v) is 3.61. The first kappa shape index (κ1) is 13.1. The largest absolute Gasteiger partial charge is 0.355 e. The maximum atomic E-state index is 11.7. The maximum absolute atomic E-state index is 11.7. The molecule has 0 bridgehead atoms. The summed E-state index contributed by atoms with van der Waals surface area (Å²) in [5, 5.41) is 3.00. The van der Waals surface area contributed by atoms with E-state index < -0.39 is 0 Å². The van der Waals surface area contributed by atoms with Gasteiger partial charge in [0.1, 0.15) is 0 Å². The van der Waals surface area contributed by atoms with E-state index in [1.807, 2.05) is 0 Å². The summed E-state index contributed by atoms with van der Waals surface area (Å²) in [4.78, 5) is 11.7. The minimum absolute atomic E-state index is 0.00340. The number of carbonyl (C=O) groups is 1. The summed E-state index contributed by atoms with van der Waals surface area (Å²) in [5.41, 5.74) is 8.65. The van der Waals surface area contributed by atoms with E-state index in [1.165, 1.54) is 11.1 Å². The average Bonchev–Trinajstić information content (AvgIpc) is 2.30. The van der Waals surface area contributed by atoms with Crippen molar-refractivity contribution in [3.05, 3.63) is 35.4 Å². The van der Waals surface area contributed by atoms with E-state index in [9.17, 15) is 4.79 Å². The first-order valence-corrected chi connectivity index (χ1v) is 6.80. The van der Waals surface area contributed by atoms with Gasteiger partial charge >= 0.3 is 0 Å². The highest BCUT2D eigenvalue weighted by molar-refractivity contribution is 5.76. The van der Waals surface area contributed by atoms with Gasteiger partial charge in [-0.25, -0.2) is 0 Å². The second-order valence-electron chi connectivity index (χ2n) is 5.16. The third kappa shape index (κ3) is 3.10. The number of benzene rings is 1. The number of nitrogens with two attached hydrogens (primary N) is 1. The smallest absolute Gasteiger partial charge is 0.221 e. The zero-order chi connectivity index (χ0) is 13.0. The van der Waals surface area contributed by atoms with Crippen LogP contribution in [-0.4, -0.2) is 18.5 Å². The highest BCUT2D eigenvalue weighted by Crippen LogP contribution is 2.33. The average molecular weight is 246 g/mol. The SMILES string of the molecule is CCCC(N)CC(=O)NCC1Cc2ccccc21. The van der Waals surface area contributed by atoms with Crippen LogP contribution in [0.5, 0.6) is 0 Å². The molecule has 98 valence electrons. The van der Waals surface area contributed by atoms with Crippen LogP contribution in [0.25, 0.3) is 0 Å². The van der Waals surface area contributed by atoms with Gasteiger partial charge in [-0.2, -0.15) is 0 Å². The Bertz CT molecular complexity index is 417. The molecule has 3 heteroatoms. The van der Waals surface area contributed by atoms with E-state index in [4.69, 9.17) is 5.73 Å². The van der Waals surface area contributed by atoms with Crippen LogP contribution in [0.2, 0.25) is 0 Å². The van der Waals surface area contributed by atoms with Crippen molar-refractivity contribution in [2.45, 2.75) is 44.6 Å². The van der Waals surface area contributed by atoms with E-state index in [2.05, 4.69) is 36.5 Å². The first-order chi connectivity index (χ1) is 8.70. The third-order valence-electron chi connectivity index (χ3n) is 3.61. The molecule has 1 aromatic carbocycles. The van der Waals surface area contributed by atoms with Crippen LogP contribution in [0.15, 0.2) is 24.3 Å². The summed E-state index contributed by atoms with van der Waals surface area (Å²) >= 11 is 0. The van der Waals surface area contributed by atoms with Crippen LogP contribution in [0.4, 0.5) is 0 Å². The normalized spacial score (nSPS) is 18.7. The summed E-state index contributed by atoms with van der Waals surface area (Å²) < 4.78 is 0. The molecular weight excluding hydrogens is 224 g/mol. The second kappa shape index (κ2) is 6.01. The van der Waals surface area contributed by atoms with Gasteiger partial charge in [-0.3, -0.25) is 4.79 Å². The summed E-state index contributed by atoms with van der Waals surface area (Å²) in [6.07, 6.45) is 3.48. The summed E-state index contributed by atoms with van der Waals surface area (Å²) in [6.45, 7) is 2.83. The Hall–Kier alpha value is -1.35. The zero-order valence-electron chi connectivity index (χ0n) is 11.0. The number of fused-ring (bicyclic) bond motifs is 1. The Balaban J connectivity index is 1.72. The molecule has 1 amide bonds. The van der Waals surface area contributed by atoms with Crippen molar-refractivity contribution in [3.63, 3.8) is 0 Å². The minimum atomic E-state index is 0.00340. The molecule has 1 aromatic rings. The molecule has 18 heavy (non-hydrogen) atoms. The monoisotopic (exact) mass is 246 g/mol. The quantitative estimate of drug-likeness (QED) is 0.806. The fourth-order valence-corrected chi connectivity index (χ4v) is 2.56. The van der Waals surface area contributed by atoms with Gasteiger partial charge < -0.3 is 11.1 Å². The summed E-state index contributed by atoms with van der Waals surface area (Å²) in [7, 11) is 0. The van der Waals surface area contributed by atoms with Crippen molar-refractivity contribution in [2.24, 2.45) is 5.73 Å². The topological polar surface area (TPSA) is 55.1 Å². The van der Waals surface area contributed by atoms with Crippen LogP contribution in [0.1, 0.15) is 43.2 Å². The molecule has 3 nitrogen and oxygen atoms in total. The molecule has 2 atom stereocenters. The highest BCUT2D eigenvalue weighted by Gasteiger charge is 2.25. The molecule has 0 fully saturated rings. The number of carbonyl (C=O) groups excluding carboxylic acids is 1. The van der Waals surface area contributed by atoms with Gasteiger partial charge in [-0.1, -0.05) is 37.6 Å². The molecule has 2 rings (SSSR count). The molecule has 0 saturated heterocycles. The minimum Gasteiger partial charge on any atom is -0.355 e. The van der Waals surface area contributed by atoms with Crippen molar-refractivity contribution in [3.8, 4) is 0 Å². The predicted octanol–water partition coefficient (Wildman–Crippen LogP) is 1.96. The standard InChI is InChI=1S/C15H22N2O/c1-2-5-13(16)9-15(18)17-10-12-8-11-6-3-4-7-14(11)12/h3-4,6-7,12-13H,2,5,8-10,16H2,1H3,(H,17,18). The summed E-state index contributed by atoms with van der Waals surface area (Å²) in [5.74, 6) is 0.577. The number of amides is 1. The number of hydrogen-bond donors (Lipinski definition) is 2. The van der Waals surface area contributed by atoms with Gasteiger partial charge in [0.15, 0.2) is 0 Å². The molecule has 0 heterocycles. The lowest BCUT2D eigenvalue weighted by Gasteiger charge is -2.30. The molecule has 1 aliphatic rings.